The van der Waals surface area contributed by atoms with Crippen LogP contribution >= 0.6 is 0 Å². The first kappa shape index (κ1) is 23.0. The van der Waals surface area contributed by atoms with Crippen LogP contribution in [0.15, 0.2) is 70.5 Å². The Bertz CT molecular complexity index is 1560. The van der Waals surface area contributed by atoms with E-state index in [1.165, 1.54) is 16.8 Å². The van der Waals surface area contributed by atoms with Crippen LogP contribution in [0, 0.1) is 0 Å². The first-order chi connectivity index (χ1) is 16.8. The summed E-state index contributed by atoms with van der Waals surface area (Å²) in [7, 11) is -3.91. The van der Waals surface area contributed by atoms with Crippen molar-refractivity contribution in [1.29, 1.82) is 0 Å². The van der Waals surface area contributed by atoms with E-state index >= 15 is 0 Å². The number of sulfonamides is 1. The molecule has 0 atom stereocenters. The zero-order valence-corrected chi connectivity index (χ0v) is 19.5. The van der Waals surface area contributed by atoms with Gasteiger partial charge in [0.25, 0.3) is 5.56 Å². The predicted molar refractivity (Wildman–Crippen MR) is 134 cm³/mol. The van der Waals surface area contributed by atoms with E-state index in [0.29, 0.717) is 53.8 Å². The van der Waals surface area contributed by atoms with Crippen molar-refractivity contribution in [3.8, 4) is 16.8 Å². The molecule has 1 aliphatic heterocycles. The van der Waals surface area contributed by atoms with Gasteiger partial charge in [-0.1, -0.05) is 24.3 Å². The fraction of sp³-hybridized carbons (Fsp3) is 0.208. The first-order valence-electron chi connectivity index (χ1n) is 11.1. The topological polar surface area (TPSA) is 155 Å². The number of para-hydroxylation sites is 1. The second-order valence-corrected chi connectivity index (χ2v) is 9.98. The van der Waals surface area contributed by atoms with Gasteiger partial charge in [-0.05, 0) is 48.7 Å². The molecule has 0 saturated carbocycles. The lowest BCUT2D eigenvalue weighted by molar-refractivity contribution is 0.0832. The number of pyridine rings is 1. The highest BCUT2D eigenvalue weighted by Gasteiger charge is 2.25. The van der Waals surface area contributed by atoms with Crippen molar-refractivity contribution in [1.82, 2.24) is 19.3 Å². The van der Waals surface area contributed by atoms with Gasteiger partial charge in [-0.15, -0.1) is 0 Å². The molecule has 0 bridgehead atoms. The molecule has 5 rings (SSSR count). The Morgan fingerprint density at radius 3 is 2.49 bits per heavy atom. The van der Waals surface area contributed by atoms with Crippen LogP contribution in [0.4, 0.5) is 11.8 Å². The maximum absolute atomic E-state index is 13.3. The summed E-state index contributed by atoms with van der Waals surface area (Å²) in [5.74, 6) is -0.0295. The minimum absolute atomic E-state index is 0.0724. The van der Waals surface area contributed by atoms with Gasteiger partial charge in [-0.2, -0.15) is 0 Å². The molecular formula is C24H24N6O4S. The maximum atomic E-state index is 13.3. The predicted octanol–water partition coefficient (Wildman–Crippen LogP) is 2.07. The van der Waals surface area contributed by atoms with E-state index in [4.69, 9.17) is 16.2 Å². The third-order valence-electron chi connectivity index (χ3n) is 5.96. The van der Waals surface area contributed by atoms with Gasteiger partial charge in [0, 0.05) is 31.0 Å². The fourth-order valence-corrected chi connectivity index (χ4v) is 5.55. The van der Waals surface area contributed by atoms with Crippen LogP contribution in [0.5, 0.6) is 0 Å². The largest absolute Gasteiger partial charge is 0.383 e. The van der Waals surface area contributed by atoms with Crippen LogP contribution < -0.4 is 21.7 Å². The lowest BCUT2D eigenvalue weighted by Gasteiger charge is -2.23. The van der Waals surface area contributed by atoms with Crippen molar-refractivity contribution < 1.29 is 13.2 Å². The molecule has 11 heteroatoms. The number of aromatic nitrogens is 3. The van der Waals surface area contributed by atoms with Gasteiger partial charge in [0.1, 0.15) is 10.7 Å². The van der Waals surface area contributed by atoms with Crippen LogP contribution in [0.25, 0.3) is 27.7 Å². The number of anilines is 2. The van der Waals surface area contributed by atoms with E-state index in [0.717, 1.165) is 0 Å². The molecule has 0 unspecified atom stereocenters. The van der Waals surface area contributed by atoms with E-state index in [1.807, 2.05) is 6.07 Å². The molecule has 5 N–H and O–H groups in total. The standard InChI is InChI=1S/C24H24N6O4S/c25-22-21(35(32,33)29-17-8-10-34-11-9-17)13-16(14-27-22)15-6-7-20-19(12-15)23(31)30(24(26)28-20)18-4-2-1-3-5-18/h1-7,12-14,17,29H,8-11H2,(H2,25,27)(H2,26,28). The van der Waals surface area contributed by atoms with Crippen LogP contribution in [0.3, 0.4) is 0 Å². The summed E-state index contributed by atoms with van der Waals surface area (Å²) in [6.45, 7) is 0.994. The minimum atomic E-state index is -3.91. The molecule has 35 heavy (non-hydrogen) atoms. The lowest BCUT2D eigenvalue weighted by atomic mass is 10.1. The Hall–Kier alpha value is -3.80. The van der Waals surface area contributed by atoms with Crippen molar-refractivity contribution in [2.24, 2.45) is 0 Å². The quantitative estimate of drug-likeness (QED) is 0.382. The van der Waals surface area contributed by atoms with Gasteiger partial charge in [-0.3, -0.25) is 4.79 Å². The number of benzene rings is 2. The molecule has 1 aliphatic rings. The molecule has 0 amide bonds. The Kier molecular flexibility index (Phi) is 5.97. The zero-order valence-electron chi connectivity index (χ0n) is 18.7. The summed E-state index contributed by atoms with van der Waals surface area (Å²) in [5.41, 5.74) is 13.8. The van der Waals surface area contributed by atoms with Gasteiger partial charge >= 0.3 is 0 Å². The Labute approximate surface area is 201 Å². The number of ether oxygens (including phenoxy) is 1. The van der Waals surface area contributed by atoms with Gasteiger partial charge in [0.2, 0.25) is 16.0 Å². The number of hydrogen-bond donors (Lipinski definition) is 3. The number of rotatable bonds is 5. The smallest absolute Gasteiger partial charge is 0.267 e. The summed E-state index contributed by atoms with van der Waals surface area (Å²) in [6, 6.07) is 15.3. The van der Waals surface area contributed by atoms with Crippen LogP contribution in [-0.4, -0.2) is 42.2 Å². The van der Waals surface area contributed by atoms with E-state index in [2.05, 4.69) is 14.7 Å². The van der Waals surface area contributed by atoms with Crippen molar-refractivity contribution in [3.05, 3.63) is 71.1 Å². The Morgan fingerprint density at radius 2 is 1.74 bits per heavy atom. The highest BCUT2D eigenvalue weighted by Crippen LogP contribution is 2.27. The third kappa shape index (κ3) is 4.48. The molecule has 180 valence electrons. The molecule has 3 heterocycles. The number of nitrogens with one attached hydrogen (secondary N) is 1. The molecule has 2 aromatic carbocycles. The normalized spacial score (nSPS) is 14.9. The summed E-state index contributed by atoms with van der Waals surface area (Å²) in [6.07, 6.45) is 2.64. The van der Waals surface area contributed by atoms with E-state index < -0.39 is 10.0 Å². The van der Waals surface area contributed by atoms with Crippen molar-refractivity contribution in [2.45, 2.75) is 23.8 Å². The van der Waals surface area contributed by atoms with E-state index in [9.17, 15) is 13.2 Å². The maximum Gasteiger partial charge on any atom is 0.267 e. The zero-order chi connectivity index (χ0) is 24.6. The van der Waals surface area contributed by atoms with Gasteiger partial charge in [0.05, 0.1) is 16.6 Å². The van der Waals surface area contributed by atoms with Gasteiger partial charge < -0.3 is 16.2 Å². The molecule has 0 aliphatic carbocycles. The number of nitrogens with two attached hydrogens (primary N) is 2. The number of hydrogen-bond acceptors (Lipinski definition) is 8. The van der Waals surface area contributed by atoms with Crippen LogP contribution in [0.2, 0.25) is 0 Å². The Balaban J connectivity index is 1.57. The van der Waals surface area contributed by atoms with E-state index in [-0.39, 0.29) is 28.3 Å². The highest BCUT2D eigenvalue weighted by atomic mass is 32.2. The average molecular weight is 493 g/mol. The second-order valence-electron chi connectivity index (χ2n) is 8.29. The molecule has 2 aromatic heterocycles. The SMILES string of the molecule is Nc1ncc(-c2ccc3nc(N)n(-c4ccccc4)c(=O)c3c2)cc1S(=O)(=O)NC1CCOCC1. The summed E-state index contributed by atoms with van der Waals surface area (Å²) in [5, 5.41) is 0.335. The third-order valence-corrected chi connectivity index (χ3v) is 7.51. The molecule has 0 spiro atoms. The van der Waals surface area contributed by atoms with Crippen molar-refractivity contribution >= 4 is 32.7 Å². The fourth-order valence-electron chi connectivity index (χ4n) is 4.14. The number of nitrogens with zero attached hydrogens (tertiary/aromatic N) is 3. The van der Waals surface area contributed by atoms with Crippen molar-refractivity contribution in [3.63, 3.8) is 0 Å². The van der Waals surface area contributed by atoms with E-state index in [1.54, 1.807) is 42.5 Å². The van der Waals surface area contributed by atoms with Gasteiger partial charge in [0.15, 0.2) is 0 Å². The van der Waals surface area contributed by atoms with Crippen LogP contribution in [0.1, 0.15) is 12.8 Å². The molecule has 4 aromatic rings. The monoisotopic (exact) mass is 492 g/mol. The highest BCUT2D eigenvalue weighted by molar-refractivity contribution is 7.89. The van der Waals surface area contributed by atoms with Crippen LogP contribution in [-0.2, 0) is 14.8 Å². The minimum Gasteiger partial charge on any atom is -0.383 e. The summed E-state index contributed by atoms with van der Waals surface area (Å²) < 4.78 is 35.5. The number of nitrogen functional groups attached to an aromatic ring is 2. The summed E-state index contributed by atoms with van der Waals surface area (Å²) >= 11 is 0. The van der Waals surface area contributed by atoms with Crippen molar-refractivity contribution in [2.75, 3.05) is 24.7 Å². The molecular weight excluding hydrogens is 468 g/mol. The molecule has 1 fully saturated rings. The summed E-state index contributed by atoms with van der Waals surface area (Å²) in [4.78, 5) is 21.7. The molecule has 10 nitrogen and oxygen atoms in total. The molecule has 0 radical (unpaired) electrons. The first-order valence-corrected chi connectivity index (χ1v) is 12.6. The molecule has 1 saturated heterocycles. The average Bonchev–Trinajstić information content (AvgIpc) is 2.85. The number of fused-ring (bicyclic) bond motifs is 1. The lowest BCUT2D eigenvalue weighted by Crippen LogP contribution is -2.39. The second kappa shape index (κ2) is 9.10. The Morgan fingerprint density at radius 1 is 1.00 bits per heavy atom. The van der Waals surface area contributed by atoms with Gasteiger partial charge in [-0.25, -0.2) is 27.7 Å².